The van der Waals surface area contributed by atoms with Gasteiger partial charge < -0.3 is 10.2 Å². The fourth-order valence-electron chi connectivity index (χ4n) is 3.55. The van der Waals surface area contributed by atoms with E-state index in [9.17, 15) is 13.6 Å². The van der Waals surface area contributed by atoms with Crippen molar-refractivity contribution < 1.29 is 13.6 Å². The van der Waals surface area contributed by atoms with Crippen molar-refractivity contribution in [3.63, 3.8) is 0 Å². The lowest BCUT2D eigenvalue weighted by atomic mass is 9.99. The van der Waals surface area contributed by atoms with Gasteiger partial charge in [-0.3, -0.25) is 4.79 Å². The van der Waals surface area contributed by atoms with Crippen molar-refractivity contribution >= 4 is 17.4 Å². The molecule has 1 aliphatic rings. The van der Waals surface area contributed by atoms with Crippen molar-refractivity contribution in [2.75, 3.05) is 23.3 Å². The Labute approximate surface area is 173 Å². The predicted octanol–water partition coefficient (Wildman–Crippen LogP) is 4.91. The highest BCUT2D eigenvalue weighted by Crippen LogP contribution is 2.25. The Morgan fingerprint density at radius 2 is 1.70 bits per heavy atom. The maximum Gasteiger partial charge on any atom is 0.261 e. The minimum Gasteiger partial charge on any atom is -0.355 e. The van der Waals surface area contributed by atoms with Crippen LogP contribution in [0.25, 0.3) is 11.3 Å². The van der Waals surface area contributed by atoms with Gasteiger partial charge in [0.05, 0.1) is 5.69 Å². The van der Waals surface area contributed by atoms with E-state index in [0.29, 0.717) is 11.4 Å². The summed E-state index contributed by atoms with van der Waals surface area (Å²) in [4.78, 5) is 14.6. The molecule has 30 heavy (non-hydrogen) atoms. The van der Waals surface area contributed by atoms with E-state index in [0.717, 1.165) is 55.4 Å². The van der Waals surface area contributed by atoms with Crippen LogP contribution in [-0.2, 0) is 0 Å². The maximum atomic E-state index is 13.8. The number of rotatable bonds is 4. The number of amides is 1. The lowest BCUT2D eigenvalue weighted by Gasteiger charge is -2.30. The molecule has 2 heterocycles. The van der Waals surface area contributed by atoms with E-state index in [2.05, 4.69) is 27.3 Å². The first kappa shape index (κ1) is 19.9. The Balaban J connectivity index is 1.50. The van der Waals surface area contributed by atoms with Crippen LogP contribution in [0.15, 0.2) is 54.6 Å². The molecule has 4 rings (SSSR count). The summed E-state index contributed by atoms with van der Waals surface area (Å²) in [5, 5.41) is 11.2. The predicted molar refractivity (Wildman–Crippen MR) is 112 cm³/mol. The molecule has 0 radical (unpaired) electrons. The fourth-order valence-corrected chi connectivity index (χ4v) is 3.55. The molecule has 3 aromatic rings. The first-order valence-corrected chi connectivity index (χ1v) is 9.96. The van der Waals surface area contributed by atoms with Crippen LogP contribution < -0.4 is 10.2 Å². The largest absolute Gasteiger partial charge is 0.355 e. The summed E-state index contributed by atoms with van der Waals surface area (Å²) < 4.78 is 27.7. The number of hydrogen-bond donors (Lipinski definition) is 1. The second-order valence-electron chi connectivity index (χ2n) is 7.58. The van der Waals surface area contributed by atoms with Gasteiger partial charge >= 0.3 is 0 Å². The van der Waals surface area contributed by atoms with Crippen LogP contribution in [0.2, 0.25) is 0 Å². The van der Waals surface area contributed by atoms with Crippen LogP contribution in [0.3, 0.4) is 0 Å². The molecule has 1 N–H and O–H groups in total. The van der Waals surface area contributed by atoms with Crippen LogP contribution in [0, 0.1) is 17.6 Å². The molecule has 1 saturated heterocycles. The second kappa shape index (κ2) is 8.57. The standard InChI is InChI=1S/C23H22F2N4O/c1-15-10-12-29(13-11-15)21-9-8-20(27-28-21)16-4-2-5-17(14-16)26-23(30)22-18(24)6-3-7-19(22)25/h2-9,14-15H,10-13H2,1H3,(H,26,30). The average Bonchev–Trinajstić information content (AvgIpc) is 2.74. The highest BCUT2D eigenvalue weighted by Gasteiger charge is 2.18. The van der Waals surface area contributed by atoms with Crippen LogP contribution in [-0.4, -0.2) is 29.2 Å². The van der Waals surface area contributed by atoms with E-state index >= 15 is 0 Å². The first-order valence-electron chi connectivity index (χ1n) is 9.96. The van der Waals surface area contributed by atoms with E-state index in [-0.39, 0.29) is 0 Å². The fraction of sp³-hybridized carbons (Fsp3) is 0.261. The van der Waals surface area contributed by atoms with Crippen molar-refractivity contribution in [1.82, 2.24) is 10.2 Å². The number of aromatic nitrogens is 2. The molecule has 154 valence electrons. The Morgan fingerprint density at radius 1 is 1.00 bits per heavy atom. The molecule has 0 bridgehead atoms. The maximum absolute atomic E-state index is 13.8. The molecule has 5 nitrogen and oxygen atoms in total. The summed E-state index contributed by atoms with van der Waals surface area (Å²) in [5.41, 5.74) is 1.20. The number of anilines is 2. The molecule has 0 unspecified atom stereocenters. The van der Waals surface area contributed by atoms with Gasteiger partial charge in [0, 0.05) is 24.3 Å². The van der Waals surface area contributed by atoms with Crippen molar-refractivity contribution in [3.8, 4) is 11.3 Å². The van der Waals surface area contributed by atoms with E-state index < -0.39 is 23.1 Å². The number of halogens is 2. The van der Waals surface area contributed by atoms with Gasteiger partial charge in [-0.1, -0.05) is 25.1 Å². The molecule has 1 aromatic heterocycles. The molecule has 0 spiro atoms. The minimum atomic E-state index is -0.905. The topological polar surface area (TPSA) is 58.1 Å². The number of nitrogens with one attached hydrogen (secondary N) is 1. The molecule has 0 saturated carbocycles. The van der Waals surface area contributed by atoms with Crippen molar-refractivity contribution in [1.29, 1.82) is 0 Å². The van der Waals surface area contributed by atoms with Crippen LogP contribution >= 0.6 is 0 Å². The Morgan fingerprint density at radius 3 is 2.37 bits per heavy atom. The third kappa shape index (κ3) is 4.30. The zero-order valence-electron chi connectivity index (χ0n) is 16.6. The SMILES string of the molecule is CC1CCN(c2ccc(-c3cccc(NC(=O)c4c(F)cccc4F)c3)nn2)CC1. The molecular formula is C23H22F2N4O. The summed E-state index contributed by atoms with van der Waals surface area (Å²) in [6.45, 7) is 4.21. The van der Waals surface area contributed by atoms with Gasteiger partial charge in [-0.25, -0.2) is 8.78 Å². The molecule has 0 aliphatic carbocycles. The average molecular weight is 408 g/mol. The van der Waals surface area contributed by atoms with Crippen molar-refractivity contribution in [2.45, 2.75) is 19.8 Å². The second-order valence-corrected chi connectivity index (χ2v) is 7.58. The monoisotopic (exact) mass is 408 g/mol. The highest BCUT2D eigenvalue weighted by molar-refractivity contribution is 6.04. The minimum absolute atomic E-state index is 0.413. The Kier molecular flexibility index (Phi) is 5.70. The summed E-state index contributed by atoms with van der Waals surface area (Å²) in [5.74, 6) is -1.06. The number of nitrogens with zero attached hydrogens (tertiary/aromatic N) is 3. The van der Waals surface area contributed by atoms with Gasteiger partial charge in [-0.2, -0.15) is 0 Å². The number of carbonyl (C=O) groups is 1. The van der Waals surface area contributed by atoms with E-state index in [4.69, 9.17) is 0 Å². The Bertz CT molecular complexity index is 1030. The number of piperidine rings is 1. The van der Waals surface area contributed by atoms with E-state index in [1.165, 1.54) is 6.07 Å². The lowest BCUT2D eigenvalue weighted by Crippen LogP contribution is -2.33. The van der Waals surface area contributed by atoms with Gasteiger partial charge in [0.15, 0.2) is 5.82 Å². The molecule has 0 atom stereocenters. The van der Waals surface area contributed by atoms with Crippen molar-refractivity contribution in [3.05, 3.63) is 71.8 Å². The van der Waals surface area contributed by atoms with Crippen molar-refractivity contribution in [2.24, 2.45) is 5.92 Å². The van der Waals surface area contributed by atoms with Crippen LogP contribution in [0.5, 0.6) is 0 Å². The third-order valence-electron chi connectivity index (χ3n) is 5.36. The zero-order valence-corrected chi connectivity index (χ0v) is 16.6. The number of benzene rings is 2. The Hall–Kier alpha value is -3.35. The van der Waals surface area contributed by atoms with Crippen LogP contribution in [0.1, 0.15) is 30.1 Å². The highest BCUT2D eigenvalue weighted by atomic mass is 19.1. The van der Waals surface area contributed by atoms with Gasteiger partial charge in [-0.15, -0.1) is 10.2 Å². The lowest BCUT2D eigenvalue weighted by molar-refractivity contribution is 0.101. The van der Waals surface area contributed by atoms with E-state index in [1.54, 1.807) is 18.2 Å². The molecule has 7 heteroatoms. The van der Waals surface area contributed by atoms with Gasteiger partial charge in [0.25, 0.3) is 5.91 Å². The van der Waals surface area contributed by atoms with Gasteiger partial charge in [0.2, 0.25) is 0 Å². The smallest absolute Gasteiger partial charge is 0.261 e. The normalized spacial score (nSPS) is 14.6. The summed E-state index contributed by atoms with van der Waals surface area (Å²) >= 11 is 0. The molecule has 1 aliphatic heterocycles. The first-order chi connectivity index (χ1) is 14.5. The number of carbonyl (C=O) groups excluding carboxylic acids is 1. The number of hydrogen-bond acceptors (Lipinski definition) is 4. The third-order valence-corrected chi connectivity index (χ3v) is 5.36. The van der Waals surface area contributed by atoms with Gasteiger partial charge in [0.1, 0.15) is 17.2 Å². The van der Waals surface area contributed by atoms with Gasteiger partial charge in [-0.05, 0) is 55.2 Å². The quantitative estimate of drug-likeness (QED) is 0.666. The van der Waals surface area contributed by atoms with E-state index in [1.807, 2.05) is 18.2 Å². The molecule has 1 amide bonds. The molecule has 2 aromatic carbocycles. The zero-order chi connectivity index (χ0) is 21.1. The summed E-state index contributed by atoms with van der Waals surface area (Å²) in [6, 6.07) is 14.1. The summed E-state index contributed by atoms with van der Waals surface area (Å²) in [7, 11) is 0. The summed E-state index contributed by atoms with van der Waals surface area (Å²) in [6.07, 6.45) is 2.29. The molecular weight excluding hydrogens is 386 g/mol. The molecule has 1 fully saturated rings. The van der Waals surface area contributed by atoms with Crippen LogP contribution in [0.4, 0.5) is 20.3 Å².